The highest BCUT2D eigenvalue weighted by Gasteiger charge is 2.33. The first-order chi connectivity index (χ1) is 18.2. The van der Waals surface area contributed by atoms with E-state index in [1.54, 1.807) is 19.1 Å². The topological polar surface area (TPSA) is 124 Å². The van der Waals surface area contributed by atoms with Gasteiger partial charge in [0, 0.05) is 38.3 Å². The van der Waals surface area contributed by atoms with E-state index in [1.165, 1.54) is 62.5 Å². The number of ether oxygens (including phenoxy) is 5. The van der Waals surface area contributed by atoms with E-state index in [1.807, 2.05) is 0 Å². The number of nitrogens with zero attached hydrogens (tertiary/aromatic N) is 3. The lowest BCUT2D eigenvalue weighted by Crippen LogP contribution is -2.53. The third kappa shape index (κ3) is 6.15. The lowest BCUT2D eigenvalue weighted by molar-refractivity contribution is -0.131. The fourth-order valence-electron chi connectivity index (χ4n) is 3.97. The molecule has 1 fully saturated rings. The van der Waals surface area contributed by atoms with Crippen LogP contribution in [0.3, 0.4) is 0 Å². The molecule has 0 atom stereocenters. The van der Waals surface area contributed by atoms with Gasteiger partial charge in [-0.25, -0.2) is 13.2 Å². The van der Waals surface area contributed by atoms with Crippen LogP contribution >= 0.6 is 0 Å². The largest absolute Gasteiger partial charge is 0.497 e. The molecule has 1 aliphatic heterocycles. The van der Waals surface area contributed by atoms with E-state index >= 15 is 0 Å². The van der Waals surface area contributed by atoms with E-state index in [0.717, 1.165) is 4.31 Å². The maximum atomic E-state index is 14.0. The predicted molar refractivity (Wildman–Crippen MR) is 139 cm³/mol. The zero-order chi connectivity index (χ0) is 27.9. The summed E-state index contributed by atoms with van der Waals surface area (Å²) in [7, 11) is 1.40. The molecule has 2 aromatic rings. The highest BCUT2D eigenvalue weighted by molar-refractivity contribution is 7.92. The normalized spacial score (nSPS) is 13.5. The average molecular weight is 552 g/mol. The van der Waals surface area contributed by atoms with Crippen molar-refractivity contribution in [3.63, 3.8) is 0 Å². The Morgan fingerprint density at radius 1 is 0.816 bits per heavy atom. The number of amides is 2. The summed E-state index contributed by atoms with van der Waals surface area (Å²) < 4.78 is 55.3. The molecule has 2 amide bonds. The number of carbonyl (C=O) groups excluding carboxylic acids is 2. The Morgan fingerprint density at radius 2 is 1.42 bits per heavy atom. The molecule has 208 valence electrons. The van der Waals surface area contributed by atoms with Crippen molar-refractivity contribution in [3.8, 4) is 23.0 Å². The van der Waals surface area contributed by atoms with Crippen molar-refractivity contribution in [2.45, 2.75) is 11.8 Å². The molecule has 0 unspecified atom stereocenters. The number of hydrogen-bond donors (Lipinski definition) is 0. The highest BCUT2D eigenvalue weighted by atomic mass is 32.2. The van der Waals surface area contributed by atoms with Gasteiger partial charge in [0.2, 0.25) is 5.91 Å². The van der Waals surface area contributed by atoms with Gasteiger partial charge in [-0.1, -0.05) is 0 Å². The molecule has 2 aromatic carbocycles. The lowest BCUT2D eigenvalue weighted by atomic mass is 10.2. The summed E-state index contributed by atoms with van der Waals surface area (Å²) in [5.74, 6) is 0.737. The smallest absolute Gasteiger partial charge is 0.409 e. The standard InChI is InChI=1S/C25H33N3O9S/c1-6-37-25(30)27-13-11-26(12-14-27)24(29)17-28(20-15-18(33-2)7-9-21(20)34-3)38(31,32)19-8-10-22(35-4)23(16-19)36-5/h7-10,15-16H,6,11-14,17H2,1-5H3. The Labute approximate surface area is 222 Å². The summed E-state index contributed by atoms with van der Waals surface area (Å²) in [4.78, 5) is 28.3. The van der Waals surface area contributed by atoms with Crippen LogP contribution in [0.4, 0.5) is 10.5 Å². The summed E-state index contributed by atoms with van der Waals surface area (Å²) in [6, 6.07) is 8.86. The van der Waals surface area contributed by atoms with Crippen LogP contribution in [0.15, 0.2) is 41.3 Å². The second kappa shape index (κ2) is 12.6. The molecule has 1 saturated heterocycles. The molecule has 0 aromatic heterocycles. The Hall–Kier alpha value is -3.87. The van der Waals surface area contributed by atoms with Crippen molar-refractivity contribution in [2.24, 2.45) is 0 Å². The second-order valence-electron chi connectivity index (χ2n) is 8.13. The molecule has 13 heteroatoms. The first-order valence-electron chi connectivity index (χ1n) is 11.9. The van der Waals surface area contributed by atoms with Crippen molar-refractivity contribution in [1.29, 1.82) is 0 Å². The molecule has 1 aliphatic rings. The predicted octanol–water partition coefficient (Wildman–Crippen LogP) is 2.22. The Morgan fingerprint density at radius 3 is 2.00 bits per heavy atom. The minimum absolute atomic E-state index is 0.111. The first-order valence-corrected chi connectivity index (χ1v) is 13.3. The minimum Gasteiger partial charge on any atom is -0.497 e. The molecule has 12 nitrogen and oxygen atoms in total. The molecular weight excluding hydrogens is 518 g/mol. The van der Waals surface area contributed by atoms with E-state index in [-0.39, 0.29) is 54.9 Å². The number of anilines is 1. The monoisotopic (exact) mass is 551 g/mol. The number of carbonyl (C=O) groups is 2. The summed E-state index contributed by atoms with van der Waals surface area (Å²) in [5, 5.41) is 0. The van der Waals surface area contributed by atoms with Crippen LogP contribution in [0.1, 0.15) is 6.92 Å². The number of methoxy groups -OCH3 is 4. The van der Waals surface area contributed by atoms with Gasteiger partial charge in [0.25, 0.3) is 10.0 Å². The van der Waals surface area contributed by atoms with Crippen molar-refractivity contribution < 1.29 is 41.7 Å². The molecule has 0 aliphatic carbocycles. The minimum atomic E-state index is -4.30. The number of piperazine rings is 1. The summed E-state index contributed by atoms with van der Waals surface area (Å²) in [6.07, 6.45) is -0.446. The van der Waals surface area contributed by atoms with Gasteiger partial charge >= 0.3 is 6.09 Å². The van der Waals surface area contributed by atoms with Gasteiger partial charge in [0.1, 0.15) is 18.0 Å². The van der Waals surface area contributed by atoms with E-state index in [2.05, 4.69) is 0 Å². The van der Waals surface area contributed by atoms with Gasteiger partial charge < -0.3 is 33.5 Å². The number of sulfonamides is 1. The molecule has 0 N–H and O–H groups in total. The first kappa shape index (κ1) is 28.7. The van der Waals surface area contributed by atoms with E-state index in [9.17, 15) is 18.0 Å². The average Bonchev–Trinajstić information content (AvgIpc) is 2.95. The van der Waals surface area contributed by atoms with Crippen molar-refractivity contribution in [1.82, 2.24) is 9.80 Å². The maximum absolute atomic E-state index is 14.0. The zero-order valence-corrected chi connectivity index (χ0v) is 22.9. The van der Waals surface area contributed by atoms with Crippen LogP contribution < -0.4 is 23.3 Å². The molecule has 0 bridgehead atoms. The molecule has 38 heavy (non-hydrogen) atoms. The van der Waals surface area contributed by atoms with Crippen LogP contribution in [-0.4, -0.2) is 98.0 Å². The van der Waals surface area contributed by atoms with E-state index in [0.29, 0.717) is 11.5 Å². The Bertz CT molecular complexity index is 1240. The molecule has 0 radical (unpaired) electrons. The molecule has 1 heterocycles. The van der Waals surface area contributed by atoms with Crippen molar-refractivity contribution in [3.05, 3.63) is 36.4 Å². The third-order valence-corrected chi connectivity index (χ3v) is 7.79. The van der Waals surface area contributed by atoms with Gasteiger partial charge in [-0.05, 0) is 31.2 Å². The van der Waals surface area contributed by atoms with Crippen LogP contribution in [-0.2, 0) is 19.6 Å². The Kier molecular flexibility index (Phi) is 9.50. The summed E-state index contributed by atoms with van der Waals surface area (Å²) >= 11 is 0. The van der Waals surface area contributed by atoms with E-state index < -0.39 is 28.6 Å². The van der Waals surface area contributed by atoms with E-state index in [4.69, 9.17) is 23.7 Å². The molecule has 0 saturated carbocycles. The quantitative estimate of drug-likeness (QED) is 0.437. The maximum Gasteiger partial charge on any atom is 0.409 e. The molecule has 3 rings (SSSR count). The van der Waals surface area contributed by atoms with Gasteiger partial charge in [-0.3, -0.25) is 9.10 Å². The van der Waals surface area contributed by atoms with Gasteiger partial charge in [-0.2, -0.15) is 0 Å². The summed E-state index contributed by atoms with van der Waals surface area (Å²) in [5.41, 5.74) is 0.125. The fraction of sp³-hybridized carbons (Fsp3) is 0.440. The summed E-state index contributed by atoms with van der Waals surface area (Å²) in [6.45, 7) is 2.47. The van der Waals surface area contributed by atoms with Crippen molar-refractivity contribution >= 4 is 27.7 Å². The highest BCUT2D eigenvalue weighted by Crippen LogP contribution is 2.37. The van der Waals surface area contributed by atoms with Crippen molar-refractivity contribution in [2.75, 3.05) is 72.1 Å². The molecular formula is C25H33N3O9S. The third-order valence-electron chi connectivity index (χ3n) is 6.03. The zero-order valence-electron chi connectivity index (χ0n) is 22.1. The second-order valence-corrected chi connectivity index (χ2v) is 10.00. The van der Waals surface area contributed by atoms with Crippen LogP contribution in [0, 0.1) is 0 Å². The van der Waals surface area contributed by atoms with Gasteiger partial charge in [-0.15, -0.1) is 0 Å². The number of hydrogen-bond acceptors (Lipinski definition) is 9. The SMILES string of the molecule is CCOC(=O)N1CCN(C(=O)CN(c2cc(OC)ccc2OC)S(=O)(=O)c2ccc(OC)c(OC)c2)CC1. The Balaban J connectivity index is 1.98. The van der Waals surface area contributed by atoms with Gasteiger partial charge in [0.05, 0.1) is 45.6 Å². The number of benzene rings is 2. The van der Waals surface area contributed by atoms with Crippen LogP contribution in [0.5, 0.6) is 23.0 Å². The number of rotatable bonds is 10. The fourth-order valence-corrected chi connectivity index (χ4v) is 5.40. The van der Waals surface area contributed by atoms with Crippen LogP contribution in [0.25, 0.3) is 0 Å². The molecule has 0 spiro atoms. The lowest BCUT2D eigenvalue weighted by Gasteiger charge is -2.35. The van der Waals surface area contributed by atoms with Gasteiger partial charge in [0.15, 0.2) is 11.5 Å². The van der Waals surface area contributed by atoms with Crippen LogP contribution in [0.2, 0.25) is 0 Å².